The number of hydrogen-bond donors (Lipinski definition) is 1. The minimum absolute atomic E-state index is 0.311. The van der Waals surface area contributed by atoms with Crippen LogP contribution in [0.4, 0.5) is 0 Å². The van der Waals surface area contributed by atoms with Gasteiger partial charge in [-0.25, -0.2) is 0 Å². The Labute approximate surface area is 135 Å². The van der Waals surface area contributed by atoms with Gasteiger partial charge in [0.1, 0.15) is 0 Å². The highest BCUT2D eigenvalue weighted by Crippen LogP contribution is 2.36. The maximum Gasteiger partial charge on any atom is 0.276 e. The molecule has 5 heteroatoms. The van der Waals surface area contributed by atoms with Crippen molar-refractivity contribution in [3.05, 3.63) is 65.5 Å². The monoisotopic (exact) mass is 309 g/mol. The largest absolute Gasteiger partial charge is 0.365 e. The van der Waals surface area contributed by atoms with E-state index in [2.05, 4.69) is 10.1 Å². The number of pyridine rings is 1. The lowest BCUT2D eigenvalue weighted by Crippen LogP contribution is -2.43. The maximum atomic E-state index is 12.9. The Morgan fingerprint density at radius 1 is 1.22 bits per heavy atom. The second-order valence-corrected chi connectivity index (χ2v) is 5.73. The zero-order valence-corrected chi connectivity index (χ0v) is 13.2. The summed E-state index contributed by atoms with van der Waals surface area (Å²) in [6, 6.07) is 10.7. The normalized spacial score (nSPS) is 20.5. The molecule has 23 heavy (non-hydrogen) atoms. The summed E-state index contributed by atoms with van der Waals surface area (Å²) < 4.78 is 0. The highest BCUT2D eigenvalue weighted by Gasteiger charge is 2.45. The van der Waals surface area contributed by atoms with Gasteiger partial charge in [0.2, 0.25) is 0 Å². The topological polar surface area (TPSA) is 65.8 Å². The smallest absolute Gasteiger partial charge is 0.276 e. The lowest BCUT2D eigenvalue weighted by molar-refractivity contribution is -0.0766. The van der Waals surface area contributed by atoms with Gasteiger partial charge in [-0.3, -0.25) is 9.78 Å². The van der Waals surface area contributed by atoms with Crippen molar-refractivity contribution in [1.29, 1.82) is 0 Å². The minimum Gasteiger partial charge on any atom is -0.365 e. The highest BCUT2D eigenvalue weighted by atomic mass is 16.3. The van der Waals surface area contributed by atoms with Crippen LogP contribution in [0.1, 0.15) is 41.3 Å². The Hall–Kier alpha value is -2.53. The lowest BCUT2D eigenvalue weighted by atomic mass is 9.97. The van der Waals surface area contributed by atoms with Crippen LogP contribution < -0.4 is 0 Å². The number of rotatable bonds is 3. The summed E-state index contributed by atoms with van der Waals surface area (Å²) in [5.74, 6) is -0.312. The summed E-state index contributed by atoms with van der Waals surface area (Å²) in [5, 5.41) is 16.7. The second kappa shape index (κ2) is 5.93. The molecule has 1 aliphatic rings. The molecule has 3 rings (SSSR count). The maximum absolute atomic E-state index is 12.9. The van der Waals surface area contributed by atoms with E-state index in [0.717, 1.165) is 11.3 Å². The number of aryl methyl sites for hydroxylation is 1. The highest BCUT2D eigenvalue weighted by molar-refractivity contribution is 5.98. The van der Waals surface area contributed by atoms with Crippen LogP contribution in [-0.2, 0) is 5.72 Å². The van der Waals surface area contributed by atoms with E-state index < -0.39 is 5.72 Å². The van der Waals surface area contributed by atoms with Crippen LogP contribution in [0.25, 0.3) is 0 Å². The Bertz CT molecular complexity index is 741. The lowest BCUT2D eigenvalue weighted by Gasteiger charge is -2.31. The molecule has 0 bridgehead atoms. The van der Waals surface area contributed by atoms with Crippen LogP contribution in [0.3, 0.4) is 0 Å². The van der Waals surface area contributed by atoms with Crippen molar-refractivity contribution in [2.24, 2.45) is 5.10 Å². The van der Waals surface area contributed by atoms with Gasteiger partial charge < -0.3 is 5.11 Å². The molecule has 1 atom stereocenters. The minimum atomic E-state index is -1.46. The zero-order chi connectivity index (χ0) is 16.4. The summed E-state index contributed by atoms with van der Waals surface area (Å²) >= 11 is 0. The molecular formula is C18H19N3O2. The van der Waals surface area contributed by atoms with E-state index in [1.807, 2.05) is 26.0 Å². The molecule has 0 radical (unpaired) electrons. The molecular weight excluding hydrogens is 290 g/mol. The third kappa shape index (κ3) is 2.75. The van der Waals surface area contributed by atoms with E-state index in [4.69, 9.17) is 0 Å². The summed E-state index contributed by atoms with van der Waals surface area (Å²) in [7, 11) is 0. The van der Waals surface area contributed by atoms with Gasteiger partial charge in [0, 0.05) is 35.7 Å². The zero-order valence-electron chi connectivity index (χ0n) is 13.2. The molecule has 5 nitrogen and oxygen atoms in total. The first-order chi connectivity index (χ1) is 11.0. The molecule has 0 unspecified atom stereocenters. The molecule has 1 amide bonds. The van der Waals surface area contributed by atoms with Crippen LogP contribution in [0.2, 0.25) is 0 Å². The van der Waals surface area contributed by atoms with Gasteiger partial charge in [0.05, 0.1) is 0 Å². The third-order valence-electron chi connectivity index (χ3n) is 4.08. The predicted octanol–water partition coefficient (Wildman–Crippen LogP) is 2.85. The molecule has 2 heterocycles. The Kier molecular flexibility index (Phi) is 3.96. The molecule has 2 aromatic rings. The van der Waals surface area contributed by atoms with Crippen LogP contribution in [0.15, 0.2) is 53.9 Å². The number of aromatic nitrogens is 1. The first-order valence-electron chi connectivity index (χ1n) is 7.65. The van der Waals surface area contributed by atoms with Gasteiger partial charge in [0.25, 0.3) is 5.91 Å². The molecule has 118 valence electrons. The number of nitrogens with zero attached hydrogens (tertiary/aromatic N) is 3. The molecule has 1 aromatic carbocycles. The molecule has 1 aliphatic heterocycles. The van der Waals surface area contributed by atoms with Crippen molar-refractivity contribution < 1.29 is 9.90 Å². The number of hydrogen-bond acceptors (Lipinski definition) is 4. The standard InChI is InChI=1S/C18H19N3O2/c1-3-16-12-18(23,15-8-10-19-11-9-15)21(20-16)17(22)14-6-4-13(2)5-7-14/h4-11,23H,3,12H2,1-2H3/t18-/m0/s1. The van der Waals surface area contributed by atoms with Crippen molar-refractivity contribution >= 4 is 11.6 Å². The van der Waals surface area contributed by atoms with Gasteiger partial charge in [-0.2, -0.15) is 10.1 Å². The molecule has 0 spiro atoms. The number of amides is 1. The van der Waals surface area contributed by atoms with Gasteiger partial charge in [-0.05, 0) is 37.6 Å². The Balaban J connectivity index is 2.01. The molecule has 0 fully saturated rings. The fraction of sp³-hybridized carbons (Fsp3) is 0.278. The average molecular weight is 309 g/mol. The number of carbonyl (C=O) groups excluding carboxylic acids is 1. The number of hydrazone groups is 1. The third-order valence-corrected chi connectivity index (χ3v) is 4.08. The van der Waals surface area contributed by atoms with Crippen LogP contribution in [0.5, 0.6) is 0 Å². The summed E-state index contributed by atoms with van der Waals surface area (Å²) in [6.07, 6.45) is 4.20. The summed E-state index contributed by atoms with van der Waals surface area (Å²) in [5.41, 5.74) is 1.52. The summed E-state index contributed by atoms with van der Waals surface area (Å²) in [4.78, 5) is 16.8. The molecule has 0 saturated carbocycles. The molecule has 1 N–H and O–H groups in total. The van der Waals surface area contributed by atoms with E-state index in [1.54, 1.807) is 36.7 Å². The molecule has 0 saturated heterocycles. The van der Waals surface area contributed by atoms with E-state index in [0.29, 0.717) is 24.0 Å². The van der Waals surface area contributed by atoms with Gasteiger partial charge >= 0.3 is 0 Å². The first kappa shape index (κ1) is 15.4. The fourth-order valence-electron chi connectivity index (χ4n) is 2.69. The number of aliphatic hydroxyl groups is 1. The molecule has 1 aromatic heterocycles. The van der Waals surface area contributed by atoms with E-state index in [-0.39, 0.29) is 5.91 Å². The number of benzene rings is 1. The van der Waals surface area contributed by atoms with Gasteiger partial charge in [-0.1, -0.05) is 24.6 Å². The van der Waals surface area contributed by atoms with Crippen LogP contribution in [0, 0.1) is 6.92 Å². The van der Waals surface area contributed by atoms with Crippen molar-refractivity contribution in [2.45, 2.75) is 32.4 Å². The van der Waals surface area contributed by atoms with E-state index >= 15 is 0 Å². The van der Waals surface area contributed by atoms with E-state index in [1.165, 1.54) is 5.01 Å². The van der Waals surface area contributed by atoms with Crippen LogP contribution >= 0.6 is 0 Å². The van der Waals surface area contributed by atoms with E-state index in [9.17, 15) is 9.90 Å². The van der Waals surface area contributed by atoms with Gasteiger partial charge in [0.15, 0.2) is 5.72 Å². The van der Waals surface area contributed by atoms with Crippen molar-refractivity contribution in [3.63, 3.8) is 0 Å². The van der Waals surface area contributed by atoms with Crippen molar-refractivity contribution in [3.8, 4) is 0 Å². The SMILES string of the molecule is CCC1=NN(C(=O)c2ccc(C)cc2)[C@@](O)(c2ccncc2)C1. The van der Waals surface area contributed by atoms with Crippen LogP contribution in [-0.4, -0.2) is 26.7 Å². The molecule has 0 aliphatic carbocycles. The summed E-state index contributed by atoms with van der Waals surface area (Å²) in [6.45, 7) is 3.93. The quantitative estimate of drug-likeness (QED) is 0.948. The fourth-order valence-corrected chi connectivity index (χ4v) is 2.69. The average Bonchev–Trinajstić information content (AvgIpc) is 2.94. The van der Waals surface area contributed by atoms with Crippen molar-refractivity contribution in [1.82, 2.24) is 9.99 Å². The second-order valence-electron chi connectivity index (χ2n) is 5.73. The number of carbonyl (C=O) groups is 1. The Morgan fingerprint density at radius 2 is 1.87 bits per heavy atom. The first-order valence-corrected chi connectivity index (χ1v) is 7.65. The Morgan fingerprint density at radius 3 is 2.48 bits per heavy atom. The predicted molar refractivity (Wildman–Crippen MR) is 87.8 cm³/mol. The van der Waals surface area contributed by atoms with Crippen molar-refractivity contribution in [2.75, 3.05) is 0 Å². The van der Waals surface area contributed by atoms with Gasteiger partial charge in [-0.15, -0.1) is 0 Å².